The maximum Gasteiger partial charge on any atom is 0.227 e. The molecule has 1 aromatic heterocycles. The van der Waals surface area contributed by atoms with E-state index < -0.39 is 6.04 Å². The lowest BCUT2D eigenvalue weighted by molar-refractivity contribution is -0.116. The zero-order valence-electron chi connectivity index (χ0n) is 18.3. The second-order valence-corrected chi connectivity index (χ2v) is 10.2. The molecule has 0 radical (unpaired) electrons. The Bertz CT molecular complexity index is 1310. The standard InChI is InChI=1S/C24H22BrClN4O3S/c1-2-33-19-11-14(10-15(25)22(19)32)21-20-17(8-5-9-18(20)31)27-23-28-24(29-30(21)23)34-12-13-6-3-4-7-16(13)26/h3-4,6-7,10-11,21,32H,2,5,8-9,12H2,1H3,(H,27,28,29). The molecule has 0 fully saturated rings. The Balaban J connectivity index is 1.56. The van der Waals surface area contributed by atoms with E-state index in [-0.39, 0.29) is 11.5 Å². The number of phenols is 1. The monoisotopic (exact) mass is 560 g/mol. The Morgan fingerprint density at radius 1 is 1.32 bits per heavy atom. The molecule has 0 amide bonds. The lowest BCUT2D eigenvalue weighted by atomic mass is 9.85. The average molecular weight is 562 g/mol. The van der Waals surface area contributed by atoms with E-state index >= 15 is 0 Å². The molecule has 0 saturated carbocycles. The number of carbonyl (C=O) groups excluding carboxylic acids is 1. The molecule has 2 aromatic carbocycles. The lowest BCUT2D eigenvalue weighted by Crippen LogP contribution is -2.31. The largest absolute Gasteiger partial charge is 0.503 e. The minimum Gasteiger partial charge on any atom is -0.503 e. The smallest absolute Gasteiger partial charge is 0.227 e. The van der Waals surface area contributed by atoms with Crippen molar-refractivity contribution in [1.82, 2.24) is 14.8 Å². The van der Waals surface area contributed by atoms with Crippen LogP contribution in [-0.2, 0) is 10.5 Å². The SMILES string of the molecule is CCOc1cc(C2C3=C(CCCC3=O)Nc3nc(SCc4ccccc4Cl)nn32)cc(Br)c1O. The Morgan fingerprint density at radius 2 is 2.15 bits per heavy atom. The summed E-state index contributed by atoms with van der Waals surface area (Å²) in [5, 5.41) is 19.8. The highest BCUT2D eigenvalue weighted by Gasteiger charge is 2.37. The summed E-state index contributed by atoms with van der Waals surface area (Å²) in [6, 6.07) is 10.8. The number of anilines is 1. The van der Waals surface area contributed by atoms with E-state index in [1.165, 1.54) is 11.8 Å². The van der Waals surface area contributed by atoms with Gasteiger partial charge in [-0.1, -0.05) is 41.6 Å². The predicted octanol–water partition coefficient (Wildman–Crippen LogP) is 6.11. The number of phenolic OH excluding ortho intramolecular Hbond substituents is 1. The van der Waals surface area contributed by atoms with Gasteiger partial charge < -0.3 is 15.2 Å². The van der Waals surface area contributed by atoms with Gasteiger partial charge in [-0.15, -0.1) is 5.10 Å². The number of benzene rings is 2. The number of hydrogen-bond acceptors (Lipinski definition) is 7. The van der Waals surface area contributed by atoms with E-state index in [2.05, 4.69) is 21.2 Å². The van der Waals surface area contributed by atoms with Crippen molar-refractivity contribution in [2.45, 2.75) is 43.1 Å². The first-order valence-corrected chi connectivity index (χ1v) is 13.1. The van der Waals surface area contributed by atoms with E-state index in [4.69, 9.17) is 26.4 Å². The Morgan fingerprint density at radius 3 is 2.94 bits per heavy atom. The quantitative estimate of drug-likeness (QED) is 0.351. The Kier molecular flexibility index (Phi) is 6.59. The van der Waals surface area contributed by atoms with E-state index in [1.807, 2.05) is 37.3 Å². The van der Waals surface area contributed by atoms with Crippen molar-refractivity contribution in [1.29, 1.82) is 0 Å². The maximum atomic E-state index is 13.1. The highest BCUT2D eigenvalue weighted by atomic mass is 79.9. The average Bonchev–Trinajstić information content (AvgIpc) is 3.23. The Hall–Kier alpha value is -2.49. The van der Waals surface area contributed by atoms with E-state index in [0.29, 0.717) is 50.7 Å². The molecule has 34 heavy (non-hydrogen) atoms. The summed E-state index contributed by atoms with van der Waals surface area (Å²) in [7, 11) is 0. The fourth-order valence-electron chi connectivity index (χ4n) is 4.28. The van der Waals surface area contributed by atoms with Crippen molar-refractivity contribution in [2.24, 2.45) is 0 Å². The summed E-state index contributed by atoms with van der Waals surface area (Å²) in [5.41, 5.74) is 3.35. The predicted molar refractivity (Wildman–Crippen MR) is 136 cm³/mol. The molecule has 10 heteroatoms. The van der Waals surface area contributed by atoms with Crippen molar-refractivity contribution in [2.75, 3.05) is 11.9 Å². The van der Waals surface area contributed by atoms with Crippen molar-refractivity contribution < 1.29 is 14.6 Å². The highest BCUT2D eigenvalue weighted by Crippen LogP contribution is 2.44. The summed E-state index contributed by atoms with van der Waals surface area (Å²) in [5.74, 6) is 1.68. The molecule has 0 bridgehead atoms. The number of fused-ring (bicyclic) bond motifs is 1. The fourth-order valence-corrected chi connectivity index (χ4v) is 5.86. The summed E-state index contributed by atoms with van der Waals surface area (Å²) < 4.78 is 7.89. The van der Waals surface area contributed by atoms with Crippen molar-refractivity contribution in [3.8, 4) is 11.5 Å². The van der Waals surface area contributed by atoms with Crippen LogP contribution in [0.2, 0.25) is 5.02 Å². The molecule has 2 aliphatic rings. The molecule has 0 spiro atoms. The molecular weight excluding hydrogens is 540 g/mol. The van der Waals surface area contributed by atoms with Crippen LogP contribution in [0.4, 0.5) is 5.95 Å². The van der Waals surface area contributed by atoms with Gasteiger partial charge in [-0.2, -0.15) is 4.98 Å². The van der Waals surface area contributed by atoms with E-state index in [0.717, 1.165) is 29.7 Å². The van der Waals surface area contributed by atoms with Crippen LogP contribution in [0.5, 0.6) is 11.5 Å². The molecule has 2 N–H and O–H groups in total. The first-order chi connectivity index (χ1) is 16.5. The molecule has 2 heterocycles. The number of nitrogens with zero attached hydrogens (tertiary/aromatic N) is 3. The van der Waals surface area contributed by atoms with Crippen molar-refractivity contribution in [3.63, 3.8) is 0 Å². The number of aromatic hydroxyl groups is 1. The topological polar surface area (TPSA) is 89.3 Å². The molecule has 1 unspecified atom stereocenters. The molecule has 1 aliphatic heterocycles. The normalized spacial score (nSPS) is 17.3. The molecule has 1 aliphatic carbocycles. The van der Waals surface area contributed by atoms with Crippen molar-refractivity contribution >= 4 is 51.0 Å². The lowest BCUT2D eigenvalue weighted by Gasteiger charge is -2.32. The molecular formula is C24H22BrClN4O3S. The first-order valence-electron chi connectivity index (χ1n) is 11.0. The van der Waals surface area contributed by atoms with Crippen LogP contribution in [-0.4, -0.2) is 32.3 Å². The van der Waals surface area contributed by atoms with Crippen LogP contribution in [0.15, 0.2) is 57.3 Å². The van der Waals surface area contributed by atoms with Crippen LogP contribution in [0, 0.1) is 0 Å². The molecule has 0 saturated heterocycles. The van der Waals surface area contributed by atoms with Gasteiger partial charge in [0.1, 0.15) is 6.04 Å². The van der Waals surface area contributed by atoms with Gasteiger partial charge in [0.2, 0.25) is 11.1 Å². The molecule has 3 aromatic rings. The van der Waals surface area contributed by atoms with Gasteiger partial charge in [0, 0.05) is 28.5 Å². The summed E-state index contributed by atoms with van der Waals surface area (Å²) in [6.45, 7) is 2.26. The number of hydrogen-bond donors (Lipinski definition) is 2. The maximum absolute atomic E-state index is 13.1. The van der Waals surface area contributed by atoms with Gasteiger partial charge in [0.15, 0.2) is 17.3 Å². The minimum atomic E-state index is -0.475. The molecule has 7 nitrogen and oxygen atoms in total. The fraction of sp³-hybridized carbons (Fsp3) is 0.292. The molecule has 176 valence electrons. The number of nitrogens with one attached hydrogen (secondary N) is 1. The Labute approximate surface area is 214 Å². The zero-order valence-corrected chi connectivity index (χ0v) is 21.5. The number of aromatic nitrogens is 3. The second kappa shape index (κ2) is 9.64. The summed E-state index contributed by atoms with van der Waals surface area (Å²) in [6.07, 6.45) is 2.06. The van der Waals surface area contributed by atoms with E-state index in [1.54, 1.807) is 10.7 Å². The van der Waals surface area contributed by atoms with Gasteiger partial charge in [-0.3, -0.25) is 4.79 Å². The zero-order chi connectivity index (χ0) is 23.8. The van der Waals surface area contributed by atoms with Crippen LogP contribution in [0.1, 0.15) is 43.4 Å². The number of rotatable bonds is 6. The third kappa shape index (κ3) is 4.32. The van der Waals surface area contributed by atoms with Gasteiger partial charge >= 0.3 is 0 Å². The van der Waals surface area contributed by atoms with Crippen LogP contribution in [0.3, 0.4) is 0 Å². The summed E-state index contributed by atoms with van der Waals surface area (Å²) in [4.78, 5) is 17.8. The first kappa shape index (κ1) is 23.3. The number of ether oxygens (including phenoxy) is 1. The highest BCUT2D eigenvalue weighted by molar-refractivity contribution is 9.10. The number of ketones is 1. The number of halogens is 2. The second-order valence-electron chi connectivity index (χ2n) is 8.02. The van der Waals surface area contributed by atoms with Gasteiger partial charge in [-0.25, -0.2) is 4.68 Å². The van der Waals surface area contributed by atoms with Gasteiger partial charge in [0.05, 0.1) is 11.1 Å². The number of allylic oxidation sites excluding steroid dienone is 2. The van der Waals surface area contributed by atoms with Gasteiger partial charge in [0.25, 0.3) is 0 Å². The number of carbonyl (C=O) groups is 1. The van der Waals surface area contributed by atoms with Gasteiger partial charge in [-0.05, 0) is 65.0 Å². The molecule has 1 atom stereocenters. The van der Waals surface area contributed by atoms with Crippen LogP contribution in [0.25, 0.3) is 0 Å². The third-order valence-electron chi connectivity index (χ3n) is 5.83. The minimum absolute atomic E-state index is 0.0264. The number of thioether (sulfide) groups is 1. The van der Waals surface area contributed by atoms with Crippen LogP contribution >= 0.6 is 39.3 Å². The summed E-state index contributed by atoms with van der Waals surface area (Å²) >= 11 is 11.2. The molecule has 5 rings (SSSR count). The van der Waals surface area contributed by atoms with Crippen LogP contribution < -0.4 is 10.1 Å². The number of Topliss-reactive ketones (excluding diaryl/α,β-unsaturated/α-hetero) is 1. The third-order valence-corrected chi connectivity index (χ3v) is 7.69. The van der Waals surface area contributed by atoms with Crippen molar-refractivity contribution in [3.05, 3.63) is 68.3 Å². The van der Waals surface area contributed by atoms with E-state index in [9.17, 15) is 9.90 Å².